The summed E-state index contributed by atoms with van der Waals surface area (Å²) >= 11 is 0. The van der Waals surface area contributed by atoms with Gasteiger partial charge in [-0.05, 0) is 96.3 Å². The second-order valence-electron chi connectivity index (χ2n) is 11.0. The van der Waals surface area contributed by atoms with Gasteiger partial charge < -0.3 is 14.2 Å². The van der Waals surface area contributed by atoms with Crippen LogP contribution in [0.15, 0.2) is 72.9 Å². The Bertz CT molecular complexity index is 858. The summed E-state index contributed by atoms with van der Waals surface area (Å²) in [7, 11) is 0. The maximum absolute atomic E-state index is 12.5. The van der Waals surface area contributed by atoms with Crippen LogP contribution in [0.4, 0.5) is 0 Å². The van der Waals surface area contributed by atoms with Crippen LogP contribution in [0.3, 0.4) is 0 Å². The molecule has 0 aliphatic heterocycles. The first-order chi connectivity index (χ1) is 22.0. The second kappa shape index (κ2) is 33.7. The lowest BCUT2D eigenvalue weighted by Crippen LogP contribution is -2.30. The van der Waals surface area contributed by atoms with Gasteiger partial charge in [-0.3, -0.25) is 14.4 Å². The molecule has 0 N–H and O–H groups in total. The van der Waals surface area contributed by atoms with Crippen LogP contribution in [0.2, 0.25) is 0 Å². The Hall–Kier alpha value is -3.15. The number of carbonyl (C=O) groups is 3. The van der Waals surface area contributed by atoms with E-state index < -0.39 is 6.10 Å². The first-order valence-electron chi connectivity index (χ1n) is 17.4. The first kappa shape index (κ1) is 41.9. The van der Waals surface area contributed by atoms with Gasteiger partial charge in [-0.15, -0.1) is 0 Å². The Labute approximate surface area is 274 Å². The van der Waals surface area contributed by atoms with Gasteiger partial charge in [-0.1, -0.05) is 93.7 Å². The summed E-state index contributed by atoms with van der Waals surface area (Å²) in [6.07, 6.45) is 39.2. The van der Waals surface area contributed by atoms with Crippen LogP contribution in [-0.2, 0) is 28.6 Å². The average Bonchev–Trinajstić information content (AvgIpc) is 3.03. The molecule has 0 saturated heterocycles. The van der Waals surface area contributed by atoms with E-state index in [1.165, 1.54) is 0 Å². The summed E-state index contributed by atoms with van der Waals surface area (Å²) in [6, 6.07) is 0. The molecule has 0 radical (unpaired) electrons. The highest BCUT2D eigenvalue weighted by atomic mass is 16.6. The third-order valence-electron chi connectivity index (χ3n) is 6.69. The molecule has 0 bridgehead atoms. The highest BCUT2D eigenvalue weighted by molar-refractivity contribution is 5.71. The van der Waals surface area contributed by atoms with Crippen molar-refractivity contribution in [3.8, 4) is 0 Å². The molecule has 6 nitrogen and oxygen atoms in total. The van der Waals surface area contributed by atoms with Crippen molar-refractivity contribution in [2.45, 2.75) is 142 Å². The van der Waals surface area contributed by atoms with E-state index in [1.54, 1.807) is 0 Å². The Balaban J connectivity index is 4.54. The van der Waals surface area contributed by atoms with Crippen molar-refractivity contribution in [2.75, 3.05) is 13.2 Å². The summed E-state index contributed by atoms with van der Waals surface area (Å²) in [5, 5.41) is 0. The molecule has 45 heavy (non-hydrogen) atoms. The molecule has 0 aromatic carbocycles. The fourth-order valence-electron chi connectivity index (χ4n) is 4.14. The molecular weight excluding hydrogens is 564 g/mol. The van der Waals surface area contributed by atoms with Gasteiger partial charge in [0, 0.05) is 19.3 Å². The van der Waals surface area contributed by atoms with E-state index >= 15 is 0 Å². The molecular formula is C39H62O6. The number of unbranched alkanes of at least 4 members (excludes halogenated alkanes) is 6. The summed E-state index contributed by atoms with van der Waals surface area (Å²) in [6.45, 7) is 6.11. The van der Waals surface area contributed by atoms with Gasteiger partial charge in [0.05, 0.1) is 0 Å². The summed E-state index contributed by atoms with van der Waals surface area (Å²) < 4.78 is 16.4. The van der Waals surface area contributed by atoms with Crippen molar-refractivity contribution in [3.05, 3.63) is 72.9 Å². The molecule has 0 aromatic rings. The molecule has 0 aromatic heterocycles. The van der Waals surface area contributed by atoms with Crippen LogP contribution < -0.4 is 0 Å². The number of allylic oxidation sites excluding steroid dienone is 12. The van der Waals surface area contributed by atoms with Crippen LogP contribution in [-0.4, -0.2) is 37.2 Å². The molecule has 0 unspecified atom stereocenters. The lowest BCUT2D eigenvalue weighted by molar-refractivity contribution is -0.167. The molecule has 254 valence electrons. The molecule has 0 atom stereocenters. The summed E-state index contributed by atoms with van der Waals surface area (Å²) in [5.74, 6) is -1.05. The van der Waals surface area contributed by atoms with Crippen molar-refractivity contribution in [2.24, 2.45) is 0 Å². The third-order valence-corrected chi connectivity index (χ3v) is 6.69. The number of hydrogen-bond acceptors (Lipinski definition) is 6. The highest BCUT2D eigenvalue weighted by Crippen LogP contribution is 2.09. The normalized spacial score (nSPS) is 12.3. The van der Waals surface area contributed by atoms with Crippen molar-refractivity contribution in [1.82, 2.24) is 0 Å². The Morgan fingerprint density at radius 1 is 0.444 bits per heavy atom. The average molecular weight is 627 g/mol. The molecule has 0 rings (SSSR count). The van der Waals surface area contributed by atoms with Gasteiger partial charge >= 0.3 is 17.9 Å². The van der Waals surface area contributed by atoms with E-state index in [0.29, 0.717) is 19.3 Å². The van der Waals surface area contributed by atoms with Gasteiger partial charge in [0.2, 0.25) is 0 Å². The molecule has 0 heterocycles. The lowest BCUT2D eigenvalue weighted by atomic mass is 10.1. The minimum Gasteiger partial charge on any atom is -0.462 e. The van der Waals surface area contributed by atoms with Crippen molar-refractivity contribution < 1.29 is 28.6 Å². The highest BCUT2D eigenvalue weighted by Gasteiger charge is 2.19. The smallest absolute Gasteiger partial charge is 0.306 e. The summed E-state index contributed by atoms with van der Waals surface area (Å²) in [5.41, 5.74) is 0. The second-order valence-corrected chi connectivity index (χ2v) is 11.0. The van der Waals surface area contributed by atoms with Crippen LogP contribution in [0, 0.1) is 0 Å². The van der Waals surface area contributed by atoms with Crippen LogP contribution in [0.5, 0.6) is 0 Å². The topological polar surface area (TPSA) is 78.9 Å². The maximum atomic E-state index is 12.5. The van der Waals surface area contributed by atoms with E-state index in [9.17, 15) is 14.4 Å². The largest absolute Gasteiger partial charge is 0.462 e. The predicted molar refractivity (Wildman–Crippen MR) is 187 cm³/mol. The van der Waals surface area contributed by atoms with Crippen LogP contribution in [0.25, 0.3) is 0 Å². The van der Waals surface area contributed by atoms with Gasteiger partial charge in [0.25, 0.3) is 0 Å². The molecule has 0 aliphatic rings. The van der Waals surface area contributed by atoms with Gasteiger partial charge in [-0.2, -0.15) is 0 Å². The van der Waals surface area contributed by atoms with Crippen molar-refractivity contribution in [1.29, 1.82) is 0 Å². The molecule has 6 heteroatoms. The quantitative estimate of drug-likeness (QED) is 0.0356. The maximum Gasteiger partial charge on any atom is 0.306 e. The standard InChI is InChI=1S/C39H62O6/c1-4-7-10-13-16-19-22-25-28-31-37(40)43-34-36(45-39(42)33-30-27-24-21-18-15-12-9-6-3)35-44-38(41)32-29-26-23-20-17-14-11-8-5-2/h7-12,16-21,36H,4-6,13-15,22-35H2,1-3H3/b10-7-,11-8-,12-9-,19-16-,20-17-,21-18-. The fraction of sp³-hybridized carbons (Fsp3) is 0.615. The van der Waals surface area contributed by atoms with Gasteiger partial charge in [0.1, 0.15) is 13.2 Å². The Kier molecular flexibility index (Phi) is 31.4. The van der Waals surface area contributed by atoms with E-state index in [-0.39, 0.29) is 37.5 Å². The summed E-state index contributed by atoms with van der Waals surface area (Å²) in [4.78, 5) is 37.1. The zero-order valence-corrected chi connectivity index (χ0v) is 28.6. The Morgan fingerprint density at radius 2 is 0.778 bits per heavy atom. The monoisotopic (exact) mass is 626 g/mol. The lowest BCUT2D eigenvalue weighted by Gasteiger charge is -2.18. The minimum atomic E-state index is -0.811. The van der Waals surface area contributed by atoms with Crippen molar-refractivity contribution in [3.63, 3.8) is 0 Å². The molecule has 0 fully saturated rings. The van der Waals surface area contributed by atoms with Crippen LogP contribution in [0.1, 0.15) is 136 Å². The zero-order chi connectivity index (χ0) is 33.1. The number of rotatable bonds is 29. The van der Waals surface area contributed by atoms with E-state index in [4.69, 9.17) is 14.2 Å². The SMILES string of the molecule is CC/C=C\C/C=C\CCCCC(=O)OCC(COC(=O)CCCC/C=C\C/C=C\CC)OC(=O)CCCC/C=C\C/C=C\CC. The van der Waals surface area contributed by atoms with E-state index in [0.717, 1.165) is 89.9 Å². The number of carbonyl (C=O) groups excluding carboxylic acids is 3. The fourth-order valence-corrected chi connectivity index (χ4v) is 4.14. The molecule has 0 spiro atoms. The van der Waals surface area contributed by atoms with E-state index in [1.807, 2.05) is 0 Å². The van der Waals surface area contributed by atoms with Crippen molar-refractivity contribution >= 4 is 17.9 Å². The van der Waals surface area contributed by atoms with E-state index in [2.05, 4.69) is 93.7 Å². The minimum absolute atomic E-state index is 0.118. The Morgan fingerprint density at radius 3 is 1.13 bits per heavy atom. The van der Waals surface area contributed by atoms with Gasteiger partial charge in [0.15, 0.2) is 6.10 Å². The molecule has 0 saturated carbocycles. The number of ether oxygens (including phenoxy) is 3. The first-order valence-corrected chi connectivity index (χ1v) is 17.4. The third kappa shape index (κ3) is 32.1. The number of esters is 3. The van der Waals surface area contributed by atoms with Gasteiger partial charge in [-0.25, -0.2) is 0 Å². The molecule has 0 amide bonds. The van der Waals surface area contributed by atoms with Crippen LogP contribution >= 0.6 is 0 Å². The zero-order valence-electron chi connectivity index (χ0n) is 28.6. The number of hydrogen-bond donors (Lipinski definition) is 0. The predicted octanol–water partition coefficient (Wildman–Crippen LogP) is 10.4. The molecule has 0 aliphatic carbocycles.